The molecule has 1 fully saturated rings. The highest BCUT2D eigenvalue weighted by Gasteiger charge is 2.26. The van der Waals surface area contributed by atoms with Gasteiger partial charge in [0.2, 0.25) is 0 Å². The smallest absolute Gasteiger partial charge is 0.0481 e. The molecule has 0 amide bonds. The molecule has 0 spiro atoms. The van der Waals surface area contributed by atoms with Crippen LogP contribution in [0.5, 0.6) is 0 Å². The molecule has 1 saturated heterocycles. The van der Waals surface area contributed by atoms with E-state index >= 15 is 0 Å². The van der Waals surface area contributed by atoms with Gasteiger partial charge in [0.15, 0.2) is 0 Å². The highest BCUT2D eigenvalue weighted by molar-refractivity contribution is 9.10. The highest BCUT2D eigenvalue weighted by Crippen LogP contribution is 2.30. The second kappa shape index (κ2) is 6.66. The number of rotatable bonds is 4. The van der Waals surface area contributed by atoms with Crippen LogP contribution in [-0.2, 0) is 0 Å². The van der Waals surface area contributed by atoms with E-state index in [-0.39, 0.29) is 12.6 Å². The average Bonchev–Trinajstić information content (AvgIpc) is 2.42. The molecule has 0 radical (unpaired) electrons. The van der Waals surface area contributed by atoms with Crippen molar-refractivity contribution in [3.8, 4) is 0 Å². The summed E-state index contributed by atoms with van der Waals surface area (Å²) in [6, 6.07) is 8.51. The molecule has 3 N–H and O–H groups in total. The monoisotopic (exact) mass is 312 g/mol. The molecule has 1 aliphatic rings. The van der Waals surface area contributed by atoms with Gasteiger partial charge < -0.3 is 10.8 Å². The SMILES string of the molecule is NCC(c1ccccc1Br)N1CCCC(CO)C1. The van der Waals surface area contributed by atoms with Gasteiger partial charge in [-0.05, 0) is 36.9 Å². The normalized spacial score (nSPS) is 22.9. The Morgan fingerprint density at radius 2 is 2.22 bits per heavy atom. The molecule has 1 aromatic carbocycles. The van der Waals surface area contributed by atoms with Crippen molar-refractivity contribution < 1.29 is 5.11 Å². The van der Waals surface area contributed by atoms with Gasteiger partial charge in [0.25, 0.3) is 0 Å². The third kappa shape index (κ3) is 3.12. The molecule has 100 valence electrons. The molecule has 2 unspecified atom stereocenters. The zero-order valence-electron chi connectivity index (χ0n) is 10.6. The minimum Gasteiger partial charge on any atom is -0.396 e. The van der Waals surface area contributed by atoms with Crippen LogP contribution in [0.25, 0.3) is 0 Å². The molecule has 0 bridgehead atoms. The topological polar surface area (TPSA) is 49.5 Å². The third-order valence-corrected chi connectivity index (χ3v) is 4.46. The van der Waals surface area contributed by atoms with E-state index in [1.165, 1.54) is 5.56 Å². The van der Waals surface area contributed by atoms with Gasteiger partial charge in [-0.15, -0.1) is 0 Å². The summed E-state index contributed by atoms with van der Waals surface area (Å²) in [6.07, 6.45) is 2.27. The van der Waals surface area contributed by atoms with Crippen LogP contribution < -0.4 is 5.73 Å². The Bertz CT molecular complexity index is 386. The van der Waals surface area contributed by atoms with Crippen LogP contribution in [0.4, 0.5) is 0 Å². The Morgan fingerprint density at radius 1 is 1.44 bits per heavy atom. The molecule has 0 aliphatic carbocycles. The second-order valence-electron chi connectivity index (χ2n) is 4.96. The Balaban J connectivity index is 2.15. The fourth-order valence-corrected chi connectivity index (χ4v) is 3.30. The number of nitrogens with two attached hydrogens (primary N) is 1. The molecule has 0 aromatic heterocycles. The van der Waals surface area contributed by atoms with Gasteiger partial charge in [0.1, 0.15) is 0 Å². The summed E-state index contributed by atoms with van der Waals surface area (Å²) in [5.41, 5.74) is 7.22. The van der Waals surface area contributed by atoms with Crippen molar-refractivity contribution in [2.24, 2.45) is 11.7 Å². The molecule has 2 rings (SSSR count). The summed E-state index contributed by atoms with van der Waals surface area (Å²) in [4.78, 5) is 2.41. The van der Waals surface area contributed by atoms with E-state index in [4.69, 9.17) is 5.73 Å². The zero-order valence-corrected chi connectivity index (χ0v) is 12.1. The number of aliphatic hydroxyl groups is 1. The largest absolute Gasteiger partial charge is 0.396 e. The lowest BCUT2D eigenvalue weighted by molar-refractivity contribution is 0.0898. The number of hydrogen-bond donors (Lipinski definition) is 2. The van der Waals surface area contributed by atoms with Gasteiger partial charge in [-0.2, -0.15) is 0 Å². The Morgan fingerprint density at radius 3 is 2.89 bits per heavy atom. The van der Waals surface area contributed by atoms with E-state index in [0.717, 1.165) is 30.4 Å². The van der Waals surface area contributed by atoms with Gasteiger partial charge in [-0.3, -0.25) is 4.90 Å². The Kier molecular flexibility index (Phi) is 5.18. The van der Waals surface area contributed by atoms with Crippen LogP contribution in [0.2, 0.25) is 0 Å². The summed E-state index contributed by atoms with van der Waals surface area (Å²) < 4.78 is 1.12. The molecular weight excluding hydrogens is 292 g/mol. The van der Waals surface area contributed by atoms with Crippen molar-refractivity contribution in [3.05, 3.63) is 34.3 Å². The third-order valence-electron chi connectivity index (χ3n) is 3.74. The van der Waals surface area contributed by atoms with E-state index in [2.05, 4.69) is 39.0 Å². The number of piperidine rings is 1. The van der Waals surface area contributed by atoms with Crippen LogP contribution in [0.3, 0.4) is 0 Å². The minimum atomic E-state index is 0.245. The van der Waals surface area contributed by atoms with Crippen molar-refractivity contribution in [3.63, 3.8) is 0 Å². The van der Waals surface area contributed by atoms with Crippen molar-refractivity contribution in [2.45, 2.75) is 18.9 Å². The van der Waals surface area contributed by atoms with E-state index < -0.39 is 0 Å². The number of aliphatic hydroxyl groups excluding tert-OH is 1. The van der Waals surface area contributed by atoms with Crippen LogP contribution in [0.1, 0.15) is 24.4 Å². The van der Waals surface area contributed by atoms with E-state index in [1.807, 2.05) is 6.07 Å². The first kappa shape index (κ1) is 14.0. The molecule has 1 aliphatic heterocycles. The number of likely N-dealkylation sites (tertiary alicyclic amines) is 1. The first-order chi connectivity index (χ1) is 8.76. The number of halogens is 1. The van der Waals surface area contributed by atoms with E-state index in [1.54, 1.807) is 0 Å². The maximum absolute atomic E-state index is 9.32. The molecule has 4 heteroatoms. The summed E-state index contributed by atoms with van der Waals surface area (Å²) in [7, 11) is 0. The standard InChI is InChI=1S/C14H21BrN2O/c15-13-6-2-1-5-12(13)14(8-16)17-7-3-4-11(9-17)10-18/h1-2,5-6,11,14,18H,3-4,7-10,16H2. The molecule has 18 heavy (non-hydrogen) atoms. The Hall–Kier alpha value is -0.420. The molecule has 2 atom stereocenters. The molecule has 1 aromatic rings. The lowest BCUT2D eigenvalue weighted by Gasteiger charge is -2.37. The fourth-order valence-electron chi connectivity index (χ4n) is 2.75. The minimum absolute atomic E-state index is 0.245. The fraction of sp³-hybridized carbons (Fsp3) is 0.571. The summed E-state index contributed by atoms with van der Waals surface area (Å²) >= 11 is 3.60. The predicted octanol–water partition coefficient (Wildman–Crippen LogP) is 2.15. The lowest BCUT2D eigenvalue weighted by atomic mass is 9.95. The van der Waals surface area contributed by atoms with E-state index in [9.17, 15) is 5.11 Å². The predicted molar refractivity (Wildman–Crippen MR) is 77.3 cm³/mol. The van der Waals surface area contributed by atoms with Gasteiger partial charge in [0, 0.05) is 30.2 Å². The number of hydrogen-bond acceptors (Lipinski definition) is 3. The molecule has 3 nitrogen and oxygen atoms in total. The van der Waals surface area contributed by atoms with Crippen molar-refractivity contribution in [1.82, 2.24) is 4.90 Å². The number of nitrogens with zero attached hydrogens (tertiary/aromatic N) is 1. The lowest BCUT2D eigenvalue weighted by Crippen LogP contribution is -2.42. The van der Waals surface area contributed by atoms with E-state index in [0.29, 0.717) is 12.5 Å². The van der Waals surface area contributed by atoms with Gasteiger partial charge in [0.05, 0.1) is 0 Å². The summed E-state index contributed by atoms with van der Waals surface area (Å²) in [5.74, 6) is 0.398. The maximum Gasteiger partial charge on any atom is 0.0481 e. The van der Waals surface area contributed by atoms with Gasteiger partial charge in [-0.25, -0.2) is 0 Å². The second-order valence-corrected chi connectivity index (χ2v) is 5.81. The quantitative estimate of drug-likeness (QED) is 0.895. The van der Waals surface area contributed by atoms with Gasteiger partial charge in [-0.1, -0.05) is 34.1 Å². The van der Waals surface area contributed by atoms with Crippen LogP contribution in [0, 0.1) is 5.92 Å². The molecular formula is C14H21BrN2O. The van der Waals surface area contributed by atoms with Crippen molar-refractivity contribution in [1.29, 1.82) is 0 Å². The molecule has 1 heterocycles. The first-order valence-electron chi connectivity index (χ1n) is 6.55. The van der Waals surface area contributed by atoms with Gasteiger partial charge >= 0.3 is 0 Å². The summed E-state index contributed by atoms with van der Waals surface area (Å²) in [6.45, 7) is 2.91. The number of benzene rings is 1. The average molecular weight is 313 g/mol. The highest BCUT2D eigenvalue weighted by atomic mass is 79.9. The van der Waals surface area contributed by atoms with Crippen LogP contribution in [0.15, 0.2) is 28.7 Å². The zero-order chi connectivity index (χ0) is 13.0. The van der Waals surface area contributed by atoms with Crippen LogP contribution in [-0.4, -0.2) is 36.2 Å². The summed E-state index contributed by atoms with van der Waals surface area (Å²) in [5, 5.41) is 9.32. The maximum atomic E-state index is 9.32. The van der Waals surface area contributed by atoms with Crippen LogP contribution >= 0.6 is 15.9 Å². The van der Waals surface area contributed by atoms with Crippen molar-refractivity contribution in [2.75, 3.05) is 26.2 Å². The Labute approximate surface area is 117 Å². The molecule has 0 saturated carbocycles. The first-order valence-corrected chi connectivity index (χ1v) is 7.35. The van der Waals surface area contributed by atoms with Crippen molar-refractivity contribution >= 4 is 15.9 Å².